The van der Waals surface area contributed by atoms with Gasteiger partial charge in [-0.1, -0.05) is 36.4 Å². The maximum Gasteiger partial charge on any atom is 0.349 e. The number of carbonyl (C=O) groups excluding carboxylic acids is 1. The average Bonchev–Trinajstić information content (AvgIpc) is 3.17. The van der Waals surface area contributed by atoms with Gasteiger partial charge in [-0.15, -0.1) is 0 Å². The average molecular weight is 411 g/mol. The summed E-state index contributed by atoms with van der Waals surface area (Å²) in [5.74, 6) is 0.485. The smallest absolute Gasteiger partial charge is 0.349 e. The van der Waals surface area contributed by atoms with Gasteiger partial charge in [-0.25, -0.2) is 9.78 Å². The van der Waals surface area contributed by atoms with E-state index in [-0.39, 0.29) is 5.56 Å². The summed E-state index contributed by atoms with van der Waals surface area (Å²) < 4.78 is 12.3. The molecule has 7 nitrogen and oxygen atoms in total. The molecule has 0 radical (unpaired) electrons. The van der Waals surface area contributed by atoms with Gasteiger partial charge in [0.2, 0.25) is 0 Å². The number of hydrogen-bond acceptors (Lipinski definition) is 5. The lowest BCUT2D eigenvalue weighted by atomic mass is 10.1. The highest BCUT2D eigenvalue weighted by molar-refractivity contribution is 6.06. The summed E-state index contributed by atoms with van der Waals surface area (Å²) in [6.45, 7) is 0. The molecule has 0 aliphatic carbocycles. The fourth-order valence-electron chi connectivity index (χ4n) is 3.47. The van der Waals surface area contributed by atoms with Crippen LogP contribution in [0.15, 0.2) is 88.2 Å². The van der Waals surface area contributed by atoms with E-state index in [1.165, 1.54) is 6.07 Å². The van der Waals surface area contributed by atoms with Crippen LogP contribution in [0.1, 0.15) is 10.4 Å². The van der Waals surface area contributed by atoms with Crippen LogP contribution in [-0.2, 0) is 0 Å². The molecule has 1 amide bonds. The Morgan fingerprint density at radius 1 is 1.03 bits per heavy atom. The lowest BCUT2D eigenvalue weighted by molar-refractivity contribution is 0.102. The van der Waals surface area contributed by atoms with Gasteiger partial charge < -0.3 is 14.5 Å². The molecular formula is C24H17N3O4. The first-order valence-electron chi connectivity index (χ1n) is 9.60. The van der Waals surface area contributed by atoms with Crippen LogP contribution >= 0.6 is 0 Å². The summed E-state index contributed by atoms with van der Waals surface area (Å²) in [5.41, 5.74) is 1.67. The third-order valence-corrected chi connectivity index (χ3v) is 4.99. The molecule has 0 fully saturated rings. The fourth-order valence-corrected chi connectivity index (χ4v) is 3.47. The standard InChI is InChI=1S/C24H17N3O4/c1-30-17-10-11-19-16(13-17)14-18(24(29)31-19)23(28)26-22-21(15-7-3-2-4-8-15)25-20-9-5-6-12-27(20)22/h2-14H,1H3,(H,26,28). The number of rotatable bonds is 4. The summed E-state index contributed by atoms with van der Waals surface area (Å²) in [7, 11) is 1.55. The molecule has 3 heterocycles. The van der Waals surface area contributed by atoms with Crippen molar-refractivity contribution in [2.75, 3.05) is 12.4 Å². The molecule has 2 aromatic carbocycles. The zero-order chi connectivity index (χ0) is 21.4. The van der Waals surface area contributed by atoms with Crippen molar-refractivity contribution in [1.82, 2.24) is 9.38 Å². The van der Waals surface area contributed by atoms with Gasteiger partial charge >= 0.3 is 5.63 Å². The van der Waals surface area contributed by atoms with Crippen molar-refractivity contribution in [2.45, 2.75) is 0 Å². The third-order valence-electron chi connectivity index (χ3n) is 4.99. The normalized spacial score (nSPS) is 11.0. The van der Waals surface area contributed by atoms with Gasteiger partial charge in [0.25, 0.3) is 5.91 Å². The Labute approximate surface area is 176 Å². The summed E-state index contributed by atoms with van der Waals surface area (Å²) in [5, 5.41) is 3.44. The highest BCUT2D eigenvalue weighted by Crippen LogP contribution is 2.29. The number of nitrogens with one attached hydrogen (secondary N) is 1. The number of benzene rings is 2. The molecule has 0 saturated carbocycles. The largest absolute Gasteiger partial charge is 0.497 e. The van der Waals surface area contributed by atoms with E-state index < -0.39 is 11.5 Å². The van der Waals surface area contributed by atoms with E-state index >= 15 is 0 Å². The quantitative estimate of drug-likeness (QED) is 0.444. The first-order chi connectivity index (χ1) is 15.1. The Bertz CT molecular complexity index is 1490. The molecule has 0 saturated heterocycles. The number of imidazole rings is 1. The first-order valence-corrected chi connectivity index (χ1v) is 9.60. The van der Waals surface area contributed by atoms with Crippen LogP contribution in [-0.4, -0.2) is 22.4 Å². The van der Waals surface area contributed by atoms with Crippen molar-refractivity contribution < 1.29 is 13.9 Å². The molecule has 31 heavy (non-hydrogen) atoms. The highest BCUT2D eigenvalue weighted by atomic mass is 16.5. The number of pyridine rings is 1. The monoisotopic (exact) mass is 411 g/mol. The number of nitrogens with zero attached hydrogens (tertiary/aromatic N) is 2. The fraction of sp³-hybridized carbons (Fsp3) is 0.0417. The number of methoxy groups -OCH3 is 1. The van der Waals surface area contributed by atoms with Crippen LogP contribution in [0.2, 0.25) is 0 Å². The van der Waals surface area contributed by atoms with E-state index in [0.717, 1.165) is 5.56 Å². The van der Waals surface area contributed by atoms with Crippen LogP contribution in [0, 0.1) is 0 Å². The van der Waals surface area contributed by atoms with Gasteiger partial charge in [0.1, 0.15) is 34.1 Å². The van der Waals surface area contributed by atoms with E-state index in [1.54, 1.807) is 35.9 Å². The van der Waals surface area contributed by atoms with Crippen molar-refractivity contribution in [3.63, 3.8) is 0 Å². The number of amides is 1. The lowest BCUT2D eigenvalue weighted by Gasteiger charge is -2.08. The van der Waals surface area contributed by atoms with Crippen molar-refractivity contribution >= 4 is 28.3 Å². The van der Waals surface area contributed by atoms with Crippen LogP contribution < -0.4 is 15.7 Å². The predicted octanol–water partition coefficient (Wildman–Crippen LogP) is 4.37. The van der Waals surface area contributed by atoms with E-state index in [1.807, 2.05) is 48.5 Å². The second kappa shape index (κ2) is 7.46. The van der Waals surface area contributed by atoms with Crippen LogP contribution in [0.5, 0.6) is 5.75 Å². The number of aromatic nitrogens is 2. The van der Waals surface area contributed by atoms with Crippen LogP contribution in [0.4, 0.5) is 5.82 Å². The second-order valence-electron chi connectivity index (χ2n) is 6.91. The molecule has 0 aliphatic heterocycles. The first kappa shape index (κ1) is 18.6. The summed E-state index contributed by atoms with van der Waals surface area (Å²) in [4.78, 5) is 30.3. The topological polar surface area (TPSA) is 85.8 Å². The molecule has 0 aliphatic rings. The predicted molar refractivity (Wildman–Crippen MR) is 118 cm³/mol. The van der Waals surface area contributed by atoms with Crippen LogP contribution in [0.25, 0.3) is 27.9 Å². The molecule has 5 rings (SSSR count). The van der Waals surface area contributed by atoms with Crippen LogP contribution in [0.3, 0.4) is 0 Å². The molecule has 1 N–H and O–H groups in total. The molecule has 5 aromatic rings. The van der Waals surface area contributed by atoms with Crippen molar-refractivity contribution in [2.24, 2.45) is 0 Å². The molecule has 3 aromatic heterocycles. The van der Waals surface area contributed by atoms with Gasteiger partial charge in [0.05, 0.1) is 7.11 Å². The Morgan fingerprint density at radius 2 is 1.84 bits per heavy atom. The Morgan fingerprint density at radius 3 is 2.65 bits per heavy atom. The Balaban J connectivity index is 1.61. The molecule has 0 atom stereocenters. The minimum absolute atomic E-state index is 0.106. The summed E-state index contributed by atoms with van der Waals surface area (Å²) in [6.07, 6.45) is 1.80. The zero-order valence-corrected chi connectivity index (χ0v) is 16.5. The molecule has 7 heteroatoms. The van der Waals surface area contributed by atoms with Gasteiger partial charge in [-0.3, -0.25) is 9.20 Å². The van der Waals surface area contributed by atoms with E-state index in [0.29, 0.717) is 33.9 Å². The minimum atomic E-state index is -0.717. The number of fused-ring (bicyclic) bond motifs is 2. The zero-order valence-electron chi connectivity index (χ0n) is 16.5. The maximum atomic E-state index is 13.1. The number of hydrogen-bond donors (Lipinski definition) is 1. The number of carbonyl (C=O) groups is 1. The highest BCUT2D eigenvalue weighted by Gasteiger charge is 2.20. The lowest BCUT2D eigenvalue weighted by Crippen LogP contribution is -2.21. The van der Waals surface area contributed by atoms with E-state index in [9.17, 15) is 9.59 Å². The molecule has 0 spiro atoms. The van der Waals surface area contributed by atoms with Crippen molar-refractivity contribution in [3.8, 4) is 17.0 Å². The Kier molecular flexibility index (Phi) is 4.48. The van der Waals surface area contributed by atoms with Crippen molar-refractivity contribution in [1.29, 1.82) is 0 Å². The second-order valence-corrected chi connectivity index (χ2v) is 6.91. The third kappa shape index (κ3) is 3.32. The molecular weight excluding hydrogens is 394 g/mol. The van der Waals surface area contributed by atoms with Gasteiger partial charge in [-0.05, 0) is 36.4 Å². The van der Waals surface area contributed by atoms with E-state index in [4.69, 9.17) is 9.15 Å². The summed E-state index contributed by atoms with van der Waals surface area (Å²) in [6, 6.07) is 21.6. The Hall–Kier alpha value is -4.39. The minimum Gasteiger partial charge on any atom is -0.497 e. The molecule has 0 unspecified atom stereocenters. The number of anilines is 1. The van der Waals surface area contributed by atoms with Gasteiger partial charge in [0.15, 0.2) is 0 Å². The maximum absolute atomic E-state index is 13.1. The SMILES string of the molecule is COc1ccc2oc(=O)c(C(=O)Nc3c(-c4ccccc4)nc4ccccn34)cc2c1. The van der Waals surface area contributed by atoms with Gasteiger partial charge in [-0.2, -0.15) is 0 Å². The molecule has 0 bridgehead atoms. The van der Waals surface area contributed by atoms with Gasteiger partial charge in [0, 0.05) is 17.1 Å². The van der Waals surface area contributed by atoms with E-state index in [2.05, 4.69) is 10.3 Å². The molecule has 152 valence electrons. The number of ether oxygens (including phenoxy) is 1. The summed E-state index contributed by atoms with van der Waals surface area (Å²) >= 11 is 0. The van der Waals surface area contributed by atoms with Crippen molar-refractivity contribution in [3.05, 3.63) is 95.0 Å².